The average Bonchev–Trinajstić information content (AvgIpc) is 2.77. The number of rotatable bonds is 3. The molecule has 0 unspecified atom stereocenters. The number of nitrogens with zero attached hydrogens (tertiary/aromatic N) is 2. The summed E-state index contributed by atoms with van der Waals surface area (Å²) in [5.74, 6) is -0.292. The lowest BCUT2D eigenvalue weighted by Gasteiger charge is -2.07. The lowest BCUT2D eigenvalue weighted by atomic mass is 10.2. The van der Waals surface area contributed by atoms with Gasteiger partial charge in [-0.2, -0.15) is 0 Å². The van der Waals surface area contributed by atoms with Gasteiger partial charge in [-0.3, -0.25) is 4.79 Å². The normalized spacial score (nSPS) is 10.8. The molecule has 1 heterocycles. The van der Waals surface area contributed by atoms with Crippen LogP contribution in [0.15, 0.2) is 48.5 Å². The molecule has 0 aliphatic heterocycles. The lowest BCUT2D eigenvalue weighted by Crippen LogP contribution is -2.10. The average molecular weight is 267 g/mol. The van der Waals surface area contributed by atoms with Crippen molar-refractivity contribution in [3.63, 3.8) is 0 Å². The second-order valence-electron chi connectivity index (χ2n) is 4.53. The highest BCUT2D eigenvalue weighted by Gasteiger charge is 2.14. The molecule has 3 rings (SSSR count). The fourth-order valence-electron chi connectivity index (χ4n) is 2.27. The van der Waals surface area contributed by atoms with E-state index in [-0.39, 0.29) is 6.54 Å². The molecule has 0 atom stereocenters. The summed E-state index contributed by atoms with van der Waals surface area (Å²) < 4.78 is 1.69. The van der Waals surface area contributed by atoms with Crippen molar-refractivity contribution in [1.29, 1.82) is 0 Å². The first kappa shape index (κ1) is 12.2. The van der Waals surface area contributed by atoms with Crippen molar-refractivity contribution >= 4 is 22.7 Å². The number of hydrogen-bond donors (Lipinski definition) is 2. The Balaban J connectivity index is 2.26. The molecule has 100 valence electrons. The zero-order valence-electron chi connectivity index (χ0n) is 10.7. The van der Waals surface area contributed by atoms with E-state index in [0.29, 0.717) is 11.5 Å². The molecule has 0 aliphatic rings. The van der Waals surface area contributed by atoms with E-state index in [0.717, 1.165) is 16.6 Å². The quantitative estimate of drug-likeness (QED) is 0.714. The molecule has 5 nitrogen and oxygen atoms in total. The van der Waals surface area contributed by atoms with Crippen LogP contribution in [-0.2, 0) is 11.3 Å². The zero-order valence-corrected chi connectivity index (χ0v) is 10.7. The first-order valence-electron chi connectivity index (χ1n) is 6.18. The summed E-state index contributed by atoms with van der Waals surface area (Å²) in [6.45, 7) is -0.134. The minimum absolute atomic E-state index is 0.134. The number of benzene rings is 2. The van der Waals surface area contributed by atoms with Crippen molar-refractivity contribution in [2.45, 2.75) is 6.54 Å². The van der Waals surface area contributed by atoms with Crippen LogP contribution < -0.4 is 5.73 Å². The van der Waals surface area contributed by atoms with Crippen LogP contribution in [0.4, 0.5) is 5.69 Å². The Morgan fingerprint density at radius 2 is 2.00 bits per heavy atom. The standard InChI is InChI=1S/C15H13N3O2/c16-11-5-3-4-10(8-11)15-17-12-6-1-2-7-13(12)18(15)9-14(19)20/h1-8H,9,16H2,(H,19,20). The minimum atomic E-state index is -0.904. The van der Waals surface area contributed by atoms with Crippen molar-refractivity contribution in [2.75, 3.05) is 5.73 Å². The Kier molecular flexibility index (Phi) is 2.87. The highest BCUT2D eigenvalue weighted by Crippen LogP contribution is 2.25. The molecule has 3 aromatic rings. The zero-order chi connectivity index (χ0) is 14.1. The third-order valence-electron chi connectivity index (χ3n) is 3.09. The molecule has 20 heavy (non-hydrogen) atoms. The van der Waals surface area contributed by atoms with Crippen molar-refractivity contribution in [1.82, 2.24) is 9.55 Å². The fraction of sp³-hybridized carbons (Fsp3) is 0.0667. The monoisotopic (exact) mass is 267 g/mol. The van der Waals surface area contributed by atoms with Gasteiger partial charge in [0.25, 0.3) is 0 Å². The molecule has 5 heteroatoms. The Morgan fingerprint density at radius 1 is 1.20 bits per heavy atom. The van der Waals surface area contributed by atoms with Crippen LogP contribution in [0.1, 0.15) is 0 Å². The number of nitrogens with two attached hydrogens (primary N) is 1. The van der Waals surface area contributed by atoms with Gasteiger partial charge >= 0.3 is 5.97 Å². The van der Waals surface area contributed by atoms with Gasteiger partial charge in [-0.25, -0.2) is 4.98 Å². The summed E-state index contributed by atoms with van der Waals surface area (Å²) in [6.07, 6.45) is 0. The van der Waals surface area contributed by atoms with E-state index in [1.165, 1.54) is 0 Å². The van der Waals surface area contributed by atoms with Crippen LogP contribution in [0.5, 0.6) is 0 Å². The summed E-state index contributed by atoms with van der Waals surface area (Å²) >= 11 is 0. The first-order valence-corrected chi connectivity index (χ1v) is 6.18. The van der Waals surface area contributed by atoms with E-state index in [4.69, 9.17) is 10.8 Å². The number of anilines is 1. The maximum absolute atomic E-state index is 11.1. The number of fused-ring (bicyclic) bond motifs is 1. The van der Waals surface area contributed by atoms with Crippen molar-refractivity contribution in [3.8, 4) is 11.4 Å². The molecule has 0 bridgehead atoms. The van der Waals surface area contributed by atoms with Crippen molar-refractivity contribution in [2.24, 2.45) is 0 Å². The summed E-state index contributed by atoms with van der Waals surface area (Å²) in [7, 11) is 0. The number of carboxylic acid groups (broad SMARTS) is 1. The minimum Gasteiger partial charge on any atom is -0.480 e. The van der Waals surface area contributed by atoms with Gasteiger partial charge in [0, 0.05) is 11.3 Å². The lowest BCUT2D eigenvalue weighted by molar-refractivity contribution is -0.137. The number of carbonyl (C=O) groups is 1. The van der Waals surface area contributed by atoms with Crippen LogP contribution in [0, 0.1) is 0 Å². The Bertz CT molecular complexity index is 793. The number of carboxylic acids is 1. The second-order valence-corrected chi connectivity index (χ2v) is 4.53. The summed E-state index contributed by atoms with van der Waals surface area (Å²) in [5, 5.41) is 9.10. The number of hydrogen-bond acceptors (Lipinski definition) is 3. The van der Waals surface area contributed by atoms with Crippen LogP contribution in [-0.4, -0.2) is 20.6 Å². The van der Waals surface area contributed by atoms with Gasteiger partial charge in [-0.05, 0) is 24.3 Å². The van der Waals surface area contributed by atoms with Gasteiger partial charge in [-0.1, -0.05) is 24.3 Å². The maximum atomic E-state index is 11.1. The van der Waals surface area contributed by atoms with Gasteiger partial charge in [0.1, 0.15) is 12.4 Å². The highest BCUT2D eigenvalue weighted by molar-refractivity contribution is 5.83. The van der Waals surface area contributed by atoms with Gasteiger partial charge in [-0.15, -0.1) is 0 Å². The van der Waals surface area contributed by atoms with Crippen LogP contribution in [0.2, 0.25) is 0 Å². The molecule has 0 saturated carbocycles. The summed E-state index contributed by atoms with van der Waals surface area (Å²) in [6, 6.07) is 14.7. The predicted octanol–water partition coefficient (Wildman–Crippen LogP) is 2.37. The Hall–Kier alpha value is -2.82. The molecule has 3 N–H and O–H groups in total. The topological polar surface area (TPSA) is 81.1 Å². The molecule has 0 amide bonds. The van der Waals surface area contributed by atoms with Gasteiger partial charge in [0.15, 0.2) is 0 Å². The molecule has 0 saturated heterocycles. The number of imidazole rings is 1. The van der Waals surface area contributed by atoms with Gasteiger partial charge in [0.2, 0.25) is 0 Å². The van der Waals surface area contributed by atoms with E-state index in [2.05, 4.69) is 4.98 Å². The molecular formula is C15H13N3O2. The highest BCUT2D eigenvalue weighted by atomic mass is 16.4. The predicted molar refractivity (Wildman–Crippen MR) is 77.2 cm³/mol. The Morgan fingerprint density at radius 3 is 2.75 bits per heavy atom. The number of nitrogen functional groups attached to an aromatic ring is 1. The van der Waals surface area contributed by atoms with E-state index in [1.54, 1.807) is 16.7 Å². The van der Waals surface area contributed by atoms with Crippen LogP contribution in [0.3, 0.4) is 0 Å². The van der Waals surface area contributed by atoms with Crippen molar-refractivity contribution < 1.29 is 9.90 Å². The molecule has 0 fully saturated rings. The molecule has 1 aromatic heterocycles. The van der Waals surface area contributed by atoms with Crippen LogP contribution >= 0.6 is 0 Å². The van der Waals surface area contributed by atoms with Gasteiger partial charge < -0.3 is 15.4 Å². The third-order valence-corrected chi connectivity index (χ3v) is 3.09. The van der Waals surface area contributed by atoms with E-state index < -0.39 is 5.97 Å². The number of para-hydroxylation sites is 2. The summed E-state index contributed by atoms with van der Waals surface area (Å²) in [5.41, 5.74) is 8.79. The van der Waals surface area contributed by atoms with E-state index >= 15 is 0 Å². The Labute approximate surface area is 115 Å². The van der Waals surface area contributed by atoms with E-state index in [1.807, 2.05) is 36.4 Å². The first-order chi connectivity index (χ1) is 9.65. The number of aliphatic carboxylic acids is 1. The third kappa shape index (κ3) is 2.09. The van der Waals surface area contributed by atoms with Gasteiger partial charge in [0.05, 0.1) is 11.0 Å². The molecule has 0 aliphatic carbocycles. The molecule has 0 radical (unpaired) electrons. The smallest absolute Gasteiger partial charge is 0.323 e. The largest absolute Gasteiger partial charge is 0.480 e. The van der Waals surface area contributed by atoms with Crippen LogP contribution in [0.25, 0.3) is 22.4 Å². The molecule has 0 spiro atoms. The SMILES string of the molecule is Nc1cccc(-c2nc3ccccc3n2CC(=O)O)c1. The van der Waals surface area contributed by atoms with Crippen molar-refractivity contribution in [3.05, 3.63) is 48.5 Å². The summed E-state index contributed by atoms with van der Waals surface area (Å²) in [4.78, 5) is 15.6. The fourth-order valence-corrected chi connectivity index (χ4v) is 2.27. The molecular weight excluding hydrogens is 254 g/mol. The maximum Gasteiger partial charge on any atom is 0.323 e. The second kappa shape index (κ2) is 4.70. The molecule has 2 aromatic carbocycles. The number of aromatic nitrogens is 2. The van der Waals surface area contributed by atoms with E-state index in [9.17, 15) is 4.79 Å².